The molecule has 4 amide bonds. The minimum Gasteiger partial charge on any atom is -0.455 e. The van der Waals surface area contributed by atoms with Crippen LogP contribution in [0.3, 0.4) is 0 Å². The maximum atomic E-state index is 13.9. The van der Waals surface area contributed by atoms with Gasteiger partial charge in [0.2, 0.25) is 18.3 Å². The first-order valence-corrected chi connectivity index (χ1v) is 28.0. The zero-order valence-electron chi connectivity index (χ0n) is 43.3. The number of esters is 4. The number of benzene rings is 3. The second-order valence-corrected chi connectivity index (χ2v) is 21.9. The molecule has 29 heteroatoms. The third-order valence-corrected chi connectivity index (χ3v) is 14.5. The van der Waals surface area contributed by atoms with Crippen molar-refractivity contribution in [2.45, 2.75) is 82.9 Å². The fourth-order valence-electron chi connectivity index (χ4n) is 8.66. The largest absolute Gasteiger partial charge is 0.455 e. The van der Waals surface area contributed by atoms with Gasteiger partial charge in [-0.2, -0.15) is 0 Å². The zero-order valence-corrected chi connectivity index (χ0v) is 47.1. The van der Waals surface area contributed by atoms with Crippen molar-refractivity contribution in [3.63, 3.8) is 0 Å². The number of methoxy groups -OCH3 is 1. The quantitative estimate of drug-likeness (QED) is 0.0509. The second-order valence-electron chi connectivity index (χ2n) is 18.1. The third-order valence-electron chi connectivity index (χ3n) is 12.3. The van der Waals surface area contributed by atoms with Crippen LogP contribution in [0.5, 0.6) is 5.75 Å². The van der Waals surface area contributed by atoms with Crippen LogP contribution in [0.25, 0.3) is 11.1 Å². The summed E-state index contributed by atoms with van der Waals surface area (Å²) in [6.07, 6.45) is -9.88. The Morgan fingerprint density at radius 3 is 2.04 bits per heavy atom. The van der Waals surface area contributed by atoms with Crippen molar-refractivity contribution in [2.24, 2.45) is 0 Å². The Bertz CT molecular complexity index is 2800. The summed E-state index contributed by atoms with van der Waals surface area (Å²) in [5.41, 5.74) is 4.03. The van der Waals surface area contributed by atoms with Gasteiger partial charge in [0.1, 0.15) is 35.3 Å². The number of carbonyl (C=O) groups is 8. The number of ether oxygens (including phenoxy) is 9. The summed E-state index contributed by atoms with van der Waals surface area (Å²) in [5, 5.41) is 2.66. The number of piperidine rings is 1. The maximum absolute atomic E-state index is 13.9. The molecule has 6 rings (SSSR count). The van der Waals surface area contributed by atoms with E-state index in [9.17, 15) is 46.8 Å². The van der Waals surface area contributed by atoms with Crippen LogP contribution < -0.4 is 10.1 Å². The second kappa shape index (κ2) is 27.9. The van der Waals surface area contributed by atoms with E-state index in [0.29, 0.717) is 12.8 Å². The number of amides is 4. The Kier molecular flexibility index (Phi) is 21.8. The third kappa shape index (κ3) is 16.8. The van der Waals surface area contributed by atoms with Crippen LogP contribution in [0, 0.1) is 0 Å². The fraction of sp³-hybridized carbons (Fsp3) is 0.469. The first kappa shape index (κ1) is 60.8. The van der Waals surface area contributed by atoms with Gasteiger partial charge in [-0.1, -0.05) is 54.6 Å². The minimum absolute atomic E-state index is 0.0360. The van der Waals surface area contributed by atoms with Crippen molar-refractivity contribution in [2.75, 3.05) is 71.0 Å². The summed E-state index contributed by atoms with van der Waals surface area (Å²) in [6, 6.07) is 20.9. The normalized spacial score (nSPS) is 18.8. The molecule has 0 aromatic heterocycles. The summed E-state index contributed by atoms with van der Waals surface area (Å²) >= 11 is 6.70. The topological polar surface area (TPSA) is 285 Å². The number of anilines is 1. The van der Waals surface area contributed by atoms with Crippen LogP contribution in [-0.2, 0) is 83.0 Å². The van der Waals surface area contributed by atoms with E-state index in [2.05, 4.69) is 5.32 Å². The molecule has 1 N–H and O–H groups in total. The van der Waals surface area contributed by atoms with E-state index in [0.717, 1.165) is 66.2 Å². The van der Waals surface area contributed by atoms with Crippen molar-refractivity contribution in [3.05, 3.63) is 83.4 Å². The molecule has 5 atom stereocenters. The molecular weight excluding hydrogens is 1180 g/mol. The van der Waals surface area contributed by atoms with Crippen LogP contribution in [0.15, 0.2) is 66.7 Å². The van der Waals surface area contributed by atoms with E-state index < -0.39 is 118 Å². The molecule has 2 saturated heterocycles. The van der Waals surface area contributed by atoms with Gasteiger partial charge in [-0.25, -0.2) is 18.0 Å². The summed E-state index contributed by atoms with van der Waals surface area (Å²) in [5.74, 6) is -5.66. The number of likely N-dealkylation sites (tertiary alicyclic amines) is 1. The summed E-state index contributed by atoms with van der Waals surface area (Å²) < 4.78 is 79.9. The zero-order chi connectivity index (χ0) is 56.8. The van der Waals surface area contributed by atoms with Gasteiger partial charge in [0.15, 0.2) is 18.3 Å². The Morgan fingerprint density at radius 1 is 0.846 bits per heavy atom. The molecule has 2 fully saturated rings. The minimum atomic E-state index is -3.58. The maximum Gasteiger partial charge on any atom is 0.409 e. The van der Waals surface area contributed by atoms with Crippen LogP contribution in [0.4, 0.5) is 20.1 Å². The van der Waals surface area contributed by atoms with Gasteiger partial charge >= 0.3 is 172 Å². The molecule has 0 unspecified atom stereocenters. The Morgan fingerprint density at radius 2 is 1.45 bits per heavy atom. The Balaban J connectivity index is 1.22. The van der Waals surface area contributed by atoms with Gasteiger partial charge in [0.05, 0.1) is 12.8 Å². The summed E-state index contributed by atoms with van der Waals surface area (Å²) in [6.45, 7) is 1.82. The number of nitrogens with one attached hydrogen (secondary N) is 1. The number of halogens is 1. The molecule has 78 heavy (non-hydrogen) atoms. The van der Waals surface area contributed by atoms with Gasteiger partial charge in [-0.3, -0.25) is 19.2 Å². The Hall–Kier alpha value is -6.43. The molecule has 24 nitrogen and oxygen atoms in total. The summed E-state index contributed by atoms with van der Waals surface area (Å²) in [4.78, 5) is 108. The van der Waals surface area contributed by atoms with Crippen LogP contribution in [-0.4, -0.2) is 184 Å². The molecule has 2 heterocycles. The number of rotatable bonds is 21. The molecule has 0 spiro atoms. The SMILES string of the molecule is COC(=O)[C@H]1O[C@@H](Oc2ccc(COC(=O)N(CCS(C)(=O)=O)COC3CCN(C(=O)OB(I)B=S)CC3)cc2NC(=O)CN(C)C(=O)OCC2c3ccccc3-c3ccccc32)[C@H](OC(C)=O)[C@@H](OC(C)=O)[C@@H]1OC(C)=O. The summed E-state index contributed by atoms with van der Waals surface area (Å²) in [7, 11) is -1.22. The number of hydrogen-bond donors (Lipinski definition) is 1. The van der Waals surface area contributed by atoms with Crippen molar-refractivity contribution in [1.82, 2.24) is 14.7 Å². The molecule has 2 aliphatic heterocycles. The van der Waals surface area contributed by atoms with Crippen molar-refractivity contribution < 1.29 is 94.1 Å². The van der Waals surface area contributed by atoms with E-state index in [4.69, 9.17) is 59.3 Å². The van der Waals surface area contributed by atoms with Gasteiger partial charge in [0, 0.05) is 40.0 Å². The van der Waals surface area contributed by atoms with Crippen LogP contribution in [0.2, 0.25) is 0 Å². The molecular formula is C49H57B2IN4O20S2. The number of hydrogen-bond acceptors (Lipinski definition) is 21. The standard InChI is InChI=1S/C49H57B2IN4O20S2/c1-28(57)71-41-42(72-29(2)58)44(73-30(3)59)46(75-43(41)45(61)67-5)74-39-16-15-31(25-68-48(63)56(21-22-78(6,65)66)27-70-32-17-19-55(20-18-32)49(64)76-51(52)50-77)23-38(39)53-40(60)24-54(4)47(62)69-26-37-35-13-9-7-11-33(35)34-12-8-10-14-36(34)37/h7-16,23,32,37,41-44,46H,17-22,24-27H2,1-6H3,(H,53,60)/t41-,42-,43-,44+,46+/m0/s1. The number of nitrogens with zero attached hydrogens (tertiary/aromatic N) is 3. The van der Waals surface area contributed by atoms with Crippen molar-refractivity contribution in [3.8, 4) is 16.9 Å². The predicted octanol–water partition coefficient (Wildman–Crippen LogP) is 4.37. The molecule has 1 aliphatic carbocycles. The average molecular weight is 1230 g/mol. The molecule has 418 valence electrons. The van der Waals surface area contributed by atoms with E-state index in [1.54, 1.807) is 0 Å². The number of sulfone groups is 1. The predicted molar refractivity (Wildman–Crippen MR) is 287 cm³/mol. The van der Waals surface area contributed by atoms with Crippen LogP contribution in [0.1, 0.15) is 56.2 Å². The van der Waals surface area contributed by atoms with Crippen molar-refractivity contribution >= 4 is 109 Å². The first-order valence-electron chi connectivity index (χ1n) is 24.2. The molecule has 0 saturated carbocycles. The Labute approximate surface area is 469 Å². The van der Waals surface area contributed by atoms with Gasteiger partial charge < -0.3 is 43.4 Å². The van der Waals surface area contributed by atoms with Gasteiger partial charge in [0.25, 0.3) is 0 Å². The molecule has 3 aromatic carbocycles. The molecule has 0 bridgehead atoms. The first-order chi connectivity index (χ1) is 37.0. The number of likely N-dealkylation sites (N-methyl/N-ethyl adjacent to an activating group) is 1. The van der Waals surface area contributed by atoms with Gasteiger partial charge in [-0.05, 0) is 39.9 Å². The van der Waals surface area contributed by atoms with E-state index in [-0.39, 0.29) is 55.9 Å². The van der Waals surface area contributed by atoms with Crippen molar-refractivity contribution in [1.29, 1.82) is 0 Å². The smallest absolute Gasteiger partial charge is 0.409 e. The number of carbonyl (C=O) groups excluding carboxylic acids is 8. The molecule has 3 aromatic rings. The fourth-order valence-corrected chi connectivity index (χ4v) is 9.49. The van der Waals surface area contributed by atoms with E-state index in [1.165, 1.54) is 36.2 Å². The molecule has 3 aliphatic rings. The monoisotopic (exact) mass is 1230 g/mol. The van der Waals surface area contributed by atoms with E-state index >= 15 is 0 Å². The van der Waals surface area contributed by atoms with Crippen LogP contribution >= 0.6 is 34.4 Å². The van der Waals surface area contributed by atoms with Gasteiger partial charge in [-0.15, -0.1) is 0 Å². The molecule has 0 radical (unpaired) electrons. The number of fused-ring (bicyclic) bond motifs is 3. The average Bonchev–Trinajstić information content (AvgIpc) is 3.80. The van der Waals surface area contributed by atoms with E-state index in [1.807, 2.05) is 70.9 Å².